The van der Waals surface area contributed by atoms with Gasteiger partial charge in [-0.25, -0.2) is 4.79 Å². The van der Waals surface area contributed by atoms with Crippen molar-refractivity contribution in [2.45, 2.75) is 31.6 Å². The lowest BCUT2D eigenvalue weighted by molar-refractivity contribution is -0.136. The molecular weight excluding hydrogens is 477 g/mol. The van der Waals surface area contributed by atoms with E-state index in [0.29, 0.717) is 50.4 Å². The maximum atomic E-state index is 13.6. The summed E-state index contributed by atoms with van der Waals surface area (Å²) in [7, 11) is 4.48. The molecule has 2 atom stereocenters. The number of halogens is 2. The van der Waals surface area contributed by atoms with Crippen molar-refractivity contribution in [1.82, 2.24) is 5.32 Å². The van der Waals surface area contributed by atoms with E-state index in [1.807, 2.05) is 18.2 Å². The monoisotopic (exact) mass is 501 g/mol. The lowest BCUT2D eigenvalue weighted by Crippen LogP contribution is -2.36. The Balaban J connectivity index is 1.81. The summed E-state index contributed by atoms with van der Waals surface area (Å²) < 4.78 is 15.9. The number of allylic oxidation sites excluding steroid dienone is 3. The molecule has 0 spiro atoms. The molecule has 0 aromatic heterocycles. The van der Waals surface area contributed by atoms with Crippen molar-refractivity contribution < 1.29 is 23.8 Å². The Morgan fingerprint density at radius 3 is 2.44 bits per heavy atom. The zero-order valence-corrected chi connectivity index (χ0v) is 20.8. The van der Waals surface area contributed by atoms with Crippen LogP contribution in [0.3, 0.4) is 0 Å². The second-order valence-electron chi connectivity index (χ2n) is 8.27. The number of esters is 1. The molecular formula is C26H25Cl2NO5. The third kappa shape index (κ3) is 4.17. The van der Waals surface area contributed by atoms with E-state index in [-0.39, 0.29) is 18.1 Å². The summed E-state index contributed by atoms with van der Waals surface area (Å²) in [6, 6.07) is 10.9. The lowest BCUT2D eigenvalue weighted by atomic mass is 9.71. The Labute approximate surface area is 208 Å². The van der Waals surface area contributed by atoms with E-state index in [1.54, 1.807) is 39.3 Å². The zero-order valence-electron chi connectivity index (χ0n) is 19.3. The van der Waals surface area contributed by atoms with Crippen LogP contribution in [0.2, 0.25) is 10.0 Å². The second kappa shape index (κ2) is 9.72. The van der Waals surface area contributed by atoms with Crippen molar-refractivity contribution in [2.24, 2.45) is 0 Å². The number of nitrogens with one attached hydrogen (secondary N) is 1. The van der Waals surface area contributed by atoms with E-state index >= 15 is 0 Å². The summed E-state index contributed by atoms with van der Waals surface area (Å²) in [6.45, 7) is 1.80. The predicted molar refractivity (Wildman–Crippen MR) is 131 cm³/mol. The zero-order chi connectivity index (χ0) is 24.6. The molecule has 2 aliphatic rings. The third-order valence-electron chi connectivity index (χ3n) is 6.40. The molecule has 0 unspecified atom stereocenters. The summed E-state index contributed by atoms with van der Waals surface area (Å²) in [5, 5.41) is 3.97. The molecule has 34 heavy (non-hydrogen) atoms. The molecule has 4 rings (SSSR count). The number of Topliss-reactive ketones (excluding diaryl/α,β-unsaturated/α-hetero) is 1. The first-order valence-electron chi connectivity index (χ1n) is 10.8. The van der Waals surface area contributed by atoms with Gasteiger partial charge in [0.05, 0.1) is 36.9 Å². The number of carbonyl (C=O) groups is 2. The van der Waals surface area contributed by atoms with E-state index in [4.69, 9.17) is 37.4 Å². The van der Waals surface area contributed by atoms with Crippen molar-refractivity contribution in [3.63, 3.8) is 0 Å². The van der Waals surface area contributed by atoms with E-state index in [2.05, 4.69) is 5.32 Å². The van der Waals surface area contributed by atoms with Gasteiger partial charge in [-0.15, -0.1) is 0 Å². The molecule has 0 radical (unpaired) electrons. The Morgan fingerprint density at radius 1 is 1.03 bits per heavy atom. The fourth-order valence-electron chi connectivity index (χ4n) is 4.82. The van der Waals surface area contributed by atoms with Crippen LogP contribution in [0.1, 0.15) is 42.7 Å². The van der Waals surface area contributed by atoms with Crippen molar-refractivity contribution >= 4 is 35.0 Å². The first-order chi connectivity index (χ1) is 16.3. The molecule has 0 amide bonds. The van der Waals surface area contributed by atoms with E-state index < -0.39 is 11.9 Å². The van der Waals surface area contributed by atoms with E-state index in [0.717, 1.165) is 11.3 Å². The largest absolute Gasteiger partial charge is 0.493 e. The van der Waals surface area contributed by atoms with Gasteiger partial charge in [-0.3, -0.25) is 4.79 Å². The number of ketones is 1. The standard InChI is InChI=1S/C26H25Cl2NO5/c1-13-22(26(31)34-4)23(16-6-5-7-17(27)25(16)28)24-18(29-13)10-15(11-19(24)30)14-8-9-20(32-2)21(12-14)33-3/h5-9,12,15,23,29H,10-11H2,1-4H3/t15-,23-/m1/s1. The smallest absolute Gasteiger partial charge is 0.336 e. The molecule has 0 saturated heterocycles. The van der Waals surface area contributed by atoms with Crippen LogP contribution in [0.15, 0.2) is 58.9 Å². The van der Waals surface area contributed by atoms with Crippen molar-refractivity contribution in [3.05, 3.63) is 80.1 Å². The highest BCUT2D eigenvalue weighted by molar-refractivity contribution is 6.42. The fourth-order valence-corrected chi connectivity index (χ4v) is 5.23. The van der Waals surface area contributed by atoms with Gasteiger partial charge in [-0.1, -0.05) is 41.4 Å². The number of hydrogen-bond donors (Lipinski definition) is 1. The van der Waals surface area contributed by atoms with Crippen LogP contribution >= 0.6 is 23.2 Å². The van der Waals surface area contributed by atoms with Crippen molar-refractivity contribution in [2.75, 3.05) is 21.3 Å². The topological polar surface area (TPSA) is 73.9 Å². The van der Waals surface area contributed by atoms with Crippen molar-refractivity contribution in [3.8, 4) is 11.5 Å². The summed E-state index contributed by atoms with van der Waals surface area (Å²) in [5.74, 6) is -0.0936. The minimum Gasteiger partial charge on any atom is -0.493 e. The van der Waals surface area contributed by atoms with Gasteiger partial charge < -0.3 is 19.5 Å². The number of ether oxygens (including phenoxy) is 3. The van der Waals surface area contributed by atoms with Gasteiger partial charge in [-0.2, -0.15) is 0 Å². The van der Waals surface area contributed by atoms with Crippen LogP contribution < -0.4 is 14.8 Å². The van der Waals surface area contributed by atoms with E-state index in [9.17, 15) is 9.59 Å². The normalized spacial score (nSPS) is 20.0. The van der Waals surface area contributed by atoms with Gasteiger partial charge in [0.15, 0.2) is 17.3 Å². The number of methoxy groups -OCH3 is 3. The highest BCUT2D eigenvalue weighted by Crippen LogP contribution is 2.48. The molecule has 2 aromatic carbocycles. The molecule has 178 valence electrons. The predicted octanol–water partition coefficient (Wildman–Crippen LogP) is 5.55. The van der Waals surface area contributed by atoms with Gasteiger partial charge >= 0.3 is 5.97 Å². The van der Waals surface area contributed by atoms with Crippen LogP contribution in [0.4, 0.5) is 0 Å². The molecule has 2 aromatic rings. The minimum atomic E-state index is -0.672. The number of dihydropyridines is 1. The van der Waals surface area contributed by atoms with Gasteiger partial charge in [-0.05, 0) is 48.6 Å². The highest BCUT2D eigenvalue weighted by Gasteiger charge is 2.42. The minimum absolute atomic E-state index is 0.0662. The molecule has 1 N–H and O–H groups in total. The second-order valence-corrected chi connectivity index (χ2v) is 9.05. The highest BCUT2D eigenvalue weighted by atomic mass is 35.5. The first kappa shape index (κ1) is 24.2. The Morgan fingerprint density at radius 2 is 1.76 bits per heavy atom. The molecule has 1 aliphatic heterocycles. The summed E-state index contributed by atoms with van der Waals surface area (Å²) in [5.41, 5.74) is 3.82. The summed E-state index contributed by atoms with van der Waals surface area (Å²) in [4.78, 5) is 26.4. The average molecular weight is 502 g/mol. The Kier molecular flexibility index (Phi) is 6.91. The number of benzene rings is 2. The maximum absolute atomic E-state index is 13.6. The van der Waals surface area contributed by atoms with E-state index in [1.165, 1.54) is 7.11 Å². The quantitative estimate of drug-likeness (QED) is 0.541. The fraction of sp³-hybridized carbons (Fsp3) is 0.308. The third-order valence-corrected chi connectivity index (χ3v) is 7.24. The molecule has 1 heterocycles. The summed E-state index contributed by atoms with van der Waals surface area (Å²) in [6.07, 6.45) is 0.856. The number of rotatable bonds is 5. The number of carbonyl (C=O) groups excluding carboxylic acids is 2. The van der Waals surface area contributed by atoms with Gasteiger partial charge in [0.25, 0.3) is 0 Å². The van der Waals surface area contributed by atoms with Crippen LogP contribution in [0.5, 0.6) is 11.5 Å². The average Bonchev–Trinajstić information content (AvgIpc) is 2.83. The lowest BCUT2D eigenvalue weighted by Gasteiger charge is -2.37. The molecule has 0 bridgehead atoms. The SMILES string of the molecule is COC(=O)C1=C(C)NC2=C(C(=O)C[C@H](c3ccc(OC)c(OC)c3)C2)[C@@H]1c1cccc(Cl)c1Cl. The number of hydrogen-bond acceptors (Lipinski definition) is 6. The van der Waals surface area contributed by atoms with Crippen LogP contribution in [-0.4, -0.2) is 33.1 Å². The maximum Gasteiger partial charge on any atom is 0.336 e. The van der Waals surface area contributed by atoms with Crippen molar-refractivity contribution in [1.29, 1.82) is 0 Å². The Hall–Kier alpha value is -2.96. The van der Waals surface area contributed by atoms with Crippen LogP contribution in [0.25, 0.3) is 0 Å². The Bertz CT molecular complexity index is 1230. The van der Waals surface area contributed by atoms with Crippen LogP contribution in [-0.2, 0) is 14.3 Å². The summed E-state index contributed by atoms with van der Waals surface area (Å²) >= 11 is 12.9. The molecule has 6 nitrogen and oxygen atoms in total. The van der Waals surface area contributed by atoms with Gasteiger partial charge in [0, 0.05) is 29.3 Å². The molecule has 8 heteroatoms. The molecule has 1 aliphatic carbocycles. The molecule has 0 fully saturated rings. The molecule has 0 saturated carbocycles. The van der Waals surface area contributed by atoms with Crippen LogP contribution in [0, 0.1) is 0 Å². The van der Waals surface area contributed by atoms with Gasteiger partial charge in [0.1, 0.15) is 0 Å². The van der Waals surface area contributed by atoms with Gasteiger partial charge in [0.2, 0.25) is 0 Å². The first-order valence-corrected chi connectivity index (χ1v) is 11.5.